The van der Waals surface area contributed by atoms with Crippen LogP contribution in [-0.4, -0.2) is 28.4 Å². The maximum absolute atomic E-state index is 14.2. The lowest BCUT2D eigenvalue weighted by Crippen LogP contribution is -1.93. The number of halogens is 2. The molecule has 5 aromatic rings. The Morgan fingerprint density at radius 2 is 1.00 bits per heavy atom. The summed E-state index contributed by atoms with van der Waals surface area (Å²) < 4.78 is 56.1. The van der Waals surface area contributed by atoms with Gasteiger partial charge in [0.25, 0.3) is 0 Å². The minimum absolute atomic E-state index is 0.243. The van der Waals surface area contributed by atoms with Crippen molar-refractivity contribution in [2.24, 2.45) is 0 Å². The Balaban J connectivity index is 2.10. The number of hydrogen-bond acceptors (Lipinski definition) is 5. The standard InChI is InChI=1S/C24H18F2O5/c1-27-19-6-11-12-7-20(28-2)22(30-4)9-14(12)24-23(13(11)8-21(19)29-3)15-5-16(25)17(26)10-18(15)31-24/h5-10H,1-4H3. The van der Waals surface area contributed by atoms with Gasteiger partial charge in [0, 0.05) is 22.2 Å². The van der Waals surface area contributed by atoms with Gasteiger partial charge in [-0.3, -0.25) is 0 Å². The molecule has 0 saturated heterocycles. The van der Waals surface area contributed by atoms with E-state index in [4.69, 9.17) is 23.4 Å². The molecular formula is C24H18F2O5. The lowest BCUT2D eigenvalue weighted by atomic mass is 9.95. The van der Waals surface area contributed by atoms with Crippen LogP contribution in [0.2, 0.25) is 0 Å². The summed E-state index contributed by atoms with van der Waals surface area (Å²) in [6.07, 6.45) is 0. The molecule has 0 saturated carbocycles. The monoisotopic (exact) mass is 424 g/mol. The van der Waals surface area contributed by atoms with E-state index >= 15 is 0 Å². The average Bonchev–Trinajstić information content (AvgIpc) is 3.15. The summed E-state index contributed by atoms with van der Waals surface area (Å²) in [6, 6.07) is 9.50. The Hall–Kier alpha value is -3.74. The van der Waals surface area contributed by atoms with Gasteiger partial charge < -0.3 is 23.4 Å². The van der Waals surface area contributed by atoms with E-state index in [1.165, 1.54) is 0 Å². The van der Waals surface area contributed by atoms with Gasteiger partial charge in [-0.1, -0.05) is 0 Å². The second-order valence-corrected chi connectivity index (χ2v) is 7.07. The van der Waals surface area contributed by atoms with Gasteiger partial charge in [-0.2, -0.15) is 0 Å². The zero-order valence-electron chi connectivity index (χ0n) is 17.3. The summed E-state index contributed by atoms with van der Waals surface area (Å²) in [6.45, 7) is 0. The van der Waals surface area contributed by atoms with Crippen molar-refractivity contribution in [3.63, 3.8) is 0 Å². The van der Waals surface area contributed by atoms with Crippen molar-refractivity contribution in [2.45, 2.75) is 0 Å². The second-order valence-electron chi connectivity index (χ2n) is 7.07. The van der Waals surface area contributed by atoms with E-state index in [1.807, 2.05) is 18.2 Å². The topological polar surface area (TPSA) is 50.1 Å². The Bertz CT molecular complexity index is 1500. The predicted molar refractivity (Wildman–Crippen MR) is 115 cm³/mol. The SMILES string of the molecule is COc1cc2c3cc(OC)c(OC)cc3c3c4cc(F)c(F)cc4oc3c2cc1OC. The van der Waals surface area contributed by atoms with Crippen molar-refractivity contribution < 1.29 is 32.1 Å². The van der Waals surface area contributed by atoms with Gasteiger partial charge in [0.1, 0.15) is 11.2 Å². The van der Waals surface area contributed by atoms with E-state index < -0.39 is 11.6 Å². The first-order valence-corrected chi connectivity index (χ1v) is 9.45. The molecule has 0 unspecified atom stereocenters. The van der Waals surface area contributed by atoms with E-state index in [0.717, 1.165) is 28.3 Å². The third-order valence-electron chi connectivity index (χ3n) is 5.58. The average molecular weight is 424 g/mol. The number of methoxy groups -OCH3 is 4. The normalized spacial score (nSPS) is 11.5. The summed E-state index contributed by atoms with van der Waals surface area (Å²) >= 11 is 0. The molecule has 7 heteroatoms. The third kappa shape index (κ3) is 2.66. The molecule has 158 valence electrons. The molecule has 0 radical (unpaired) electrons. The minimum atomic E-state index is -0.973. The smallest absolute Gasteiger partial charge is 0.162 e. The highest BCUT2D eigenvalue weighted by molar-refractivity contribution is 6.30. The van der Waals surface area contributed by atoms with Crippen LogP contribution < -0.4 is 18.9 Å². The second kappa shape index (κ2) is 6.91. The number of benzene rings is 4. The van der Waals surface area contributed by atoms with Gasteiger partial charge in [0.2, 0.25) is 0 Å². The fourth-order valence-corrected chi connectivity index (χ4v) is 4.15. The van der Waals surface area contributed by atoms with Crippen molar-refractivity contribution in [3.8, 4) is 23.0 Å². The molecule has 0 aliphatic heterocycles. The summed E-state index contributed by atoms with van der Waals surface area (Å²) in [5.74, 6) is 0.172. The first kappa shape index (κ1) is 19.2. The van der Waals surface area contributed by atoms with Gasteiger partial charge in [0.15, 0.2) is 34.6 Å². The molecule has 4 aromatic carbocycles. The maximum Gasteiger partial charge on any atom is 0.162 e. The van der Waals surface area contributed by atoms with Crippen LogP contribution in [0.15, 0.2) is 40.8 Å². The van der Waals surface area contributed by atoms with Crippen LogP contribution in [0.4, 0.5) is 8.78 Å². The van der Waals surface area contributed by atoms with Gasteiger partial charge in [0.05, 0.1) is 28.4 Å². The van der Waals surface area contributed by atoms with Crippen molar-refractivity contribution in [1.82, 2.24) is 0 Å². The molecular weight excluding hydrogens is 406 g/mol. The zero-order valence-corrected chi connectivity index (χ0v) is 17.3. The molecule has 0 aliphatic rings. The van der Waals surface area contributed by atoms with Crippen LogP contribution in [0.1, 0.15) is 0 Å². The molecule has 0 atom stereocenters. The summed E-state index contributed by atoms with van der Waals surface area (Å²) in [5.41, 5.74) is 0.725. The molecule has 0 fully saturated rings. The molecule has 1 heterocycles. The van der Waals surface area contributed by atoms with E-state index in [9.17, 15) is 8.78 Å². The first-order chi connectivity index (χ1) is 15.0. The maximum atomic E-state index is 14.2. The fourth-order valence-electron chi connectivity index (χ4n) is 4.15. The lowest BCUT2D eigenvalue weighted by molar-refractivity contribution is 0.355. The van der Waals surface area contributed by atoms with Crippen LogP contribution in [0.25, 0.3) is 43.5 Å². The quantitative estimate of drug-likeness (QED) is 0.321. The highest BCUT2D eigenvalue weighted by atomic mass is 19.2. The molecule has 0 amide bonds. The molecule has 0 aliphatic carbocycles. The number of ether oxygens (including phenoxy) is 4. The highest BCUT2D eigenvalue weighted by Crippen LogP contribution is 2.47. The number of rotatable bonds is 4. The van der Waals surface area contributed by atoms with Gasteiger partial charge >= 0.3 is 0 Å². The minimum Gasteiger partial charge on any atom is -0.493 e. The Morgan fingerprint density at radius 3 is 1.55 bits per heavy atom. The van der Waals surface area contributed by atoms with Crippen LogP contribution >= 0.6 is 0 Å². The molecule has 31 heavy (non-hydrogen) atoms. The zero-order chi connectivity index (χ0) is 21.9. The highest BCUT2D eigenvalue weighted by Gasteiger charge is 2.21. The molecule has 5 rings (SSSR count). The van der Waals surface area contributed by atoms with Gasteiger partial charge in [-0.15, -0.1) is 0 Å². The molecule has 0 spiro atoms. The Kier molecular flexibility index (Phi) is 4.28. The van der Waals surface area contributed by atoms with E-state index in [-0.39, 0.29) is 5.58 Å². The van der Waals surface area contributed by atoms with Crippen molar-refractivity contribution in [3.05, 3.63) is 48.0 Å². The molecule has 1 aromatic heterocycles. The van der Waals surface area contributed by atoms with Crippen molar-refractivity contribution in [2.75, 3.05) is 28.4 Å². The largest absolute Gasteiger partial charge is 0.493 e. The van der Waals surface area contributed by atoms with Crippen molar-refractivity contribution >= 4 is 43.5 Å². The molecule has 0 bridgehead atoms. The van der Waals surface area contributed by atoms with E-state index in [2.05, 4.69) is 0 Å². The summed E-state index contributed by atoms with van der Waals surface area (Å²) in [7, 11) is 6.19. The van der Waals surface area contributed by atoms with Crippen LogP contribution in [0, 0.1) is 11.6 Å². The number of furan rings is 1. The number of fused-ring (bicyclic) bond motifs is 8. The van der Waals surface area contributed by atoms with Gasteiger partial charge in [-0.25, -0.2) is 8.78 Å². The summed E-state index contributed by atoms with van der Waals surface area (Å²) in [5, 5.41) is 4.18. The molecule has 0 N–H and O–H groups in total. The molecule has 5 nitrogen and oxygen atoms in total. The van der Waals surface area contributed by atoms with Crippen LogP contribution in [0.3, 0.4) is 0 Å². The van der Waals surface area contributed by atoms with Gasteiger partial charge in [-0.05, 0) is 46.5 Å². The van der Waals surface area contributed by atoms with E-state index in [1.54, 1.807) is 34.5 Å². The van der Waals surface area contributed by atoms with Crippen LogP contribution in [0.5, 0.6) is 23.0 Å². The predicted octanol–water partition coefficient (Wildman–Crippen LogP) is 6.21. The lowest BCUT2D eigenvalue weighted by Gasteiger charge is -2.14. The third-order valence-corrected chi connectivity index (χ3v) is 5.58. The number of hydrogen-bond donors (Lipinski definition) is 0. The Labute approximate surface area is 175 Å². The fraction of sp³-hybridized carbons (Fsp3) is 0.167. The van der Waals surface area contributed by atoms with Crippen LogP contribution in [-0.2, 0) is 0 Å². The van der Waals surface area contributed by atoms with Crippen molar-refractivity contribution in [1.29, 1.82) is 0 Å². The first-order valence-electron chi connectivity index (χ1n) is 9.45. The Morgan fingerprint density at radius 1 is 0.548 bits per heavy atom. The van der Waals surface area contributed by atoms with E-state index in [0.29, 0.717) is 44.7 Å². The summed E-state index contributed by atoms with van der Waals surface area (Å²) in [4.78, 5) is 0.